The van der Waals surface area contributed by atoms with Gasteiger partial charge in [0.25, 0.3) is 11.5 Å². The molecular weight excluding hydrogens is 368 g/mol. The molecule has 3 aromatic rings. The molecule has 0 fully saturated rings. The predicted molar refractivity (Wildman–Crippen MR) is 107 cm³/mol. The molecule has 1 aliphatic heterocycles. The Morgan fingerprint density at radius 3 is 2.90 bits per heavy atom. The van der Waals surface area contributed by atoms with Crippen molar-refractivity contribution in [2.45, 2.75) is 38.1 Å². The minimum Gasteiger partial charge on any atom is -0.508 e. The highest BCUT2D eigenvalue weighted by Gasteiger charge is 2.33. The number of nitrogens with zero attached hydrogens (tertiary/aromatic N) is 2. The molecule has 0 saturated carbocycles. The van der Waals surface area contributed by atoms with Gasteiger partial charge in [-0.15, -0.1) is 0 Å². The third-order valence-corrected chi connectivity index (χ3v) is 5.96. The summed E-state index contributed by atoms with van der Waals surface area (Å²) in [6.45, 7) is 0.774. The first kappa shape index (κ1) is 17.7. The molecule has 7 heteroatoms. The van der Waals surface area contributed by atoms with Gasteiger partial charge in [0.2, 0.25) is 0 Å². The lowest BCUT2D eigenvalue weighted by Crippen LogP contribution is -2.41. The topological polar surface area (TPSA) is 102 Å². The van der Waals surface area contributed by atoms with Crippen molar-refractivity contribution in [2.24, 2.45) is 0 Å². The molecule has 148 valence electrons. The molecule has 1 aromatic carbocycles. The van der Waals surface area contributed by atoms with Crippen LogP contribution >= 0.6 is 0 Å². The van der Waals surface area contributed by atoms with Gasteiger partial charge in [-0.25, -0.2) is 4.98 Å². The molecular formula is C22H22N4O3. The number of benzene rings is 1. The van der Waals surface area contributed by atoms with Crippen molar-refractivity contribution in [2.75, 3.05) is 6.54 Å². The maximum absolute atomic E-state index is 13.3. The van der Waals surface area contributed by atoms with Gasteiger partial charge in [0.15, 0.2) is 0 Å². The summed E-state index contributed by atoms with van der Waals surface area (Å²) in [6.07, 6.45) is 5.52. The third-order valence-electron chi connectivity index (χ3n) is 5.96. The van der Waals surface area contributed by atoms with Crippen molar-refractivity contribution in [3.05, 3.63) is 80.8 Å². The molecule has 0 saturated heterocycles. The minimum atomic E-state index is -0.319. The van der Waals surface area contributed by atoms with E-state index >= 15 is 0 Å². The van der Waals surface area contributed by atoms with Crippen molar-refractivity contribution in [3.63, 3.8) is 0 Å². The largest absolute Gasteiger partial charge is 0.508 e. The van der Waals surface area contributed by atoms with Gasteiger partial charge in [-0.3, -0.25) is 9.59 Å². The Bertz CT molecular complexity index is 1150. The highest BCUT2D eigenvalue weighted by atomic mass is 16.3. The zero-order valence-electron chi connectivity index (χ0n) is 15.9. The van der Waals surface area contributed by atoms with Crippen LogP contribution in [0, 0.1) is 0 Å². The molecule has 0 spiro atoms. The molecule has 1 amide bonds. The minimum absolute atomic E-state index is 0.169. The summed E-state index contributed by atoms with van der Waals surface area (Å²) in [6, 6.07) is 8.80. The molecule has 3 N–H and O–H groups in total. The highest BCUT2D eigenvalue weighted by Crippen LogP contribution is 2.33. The zero-order chi connectivity index (χ0) is 20.0. The first-order valence-electron chi connectivity index (χ1n) is 9.95. The molecule has 2 aliphatic rings. The van der Waals surface area contributed by atoms with Crippen LogP contribution in [0.5, 0.6) is 5.75 Å². The molecule has 1 aliphatic carbocycles. The summed E-state index contributed by atoms with van der Waals surface area (Å²) in [4.78, 5) is 38.1. The van der Waals surface area contributed by atoms with Crippen LogP contribution in [-0.2, 0) is 19.4 Å². The van der Waals surface area contributed by atoms with Crippen LogP contribution in [0.25, 0.3) is 0 Å². The lowest BCUT2D eigenvalue weighted by molar-refractivity contribution is 0.0720. The average Bonchev–Trinajstić information content (AvgIpc) is 3.21. The number of H-pyrrole nitrogens is 2. The SMILES string of the molecule is O=C(c1cc2c([nH]c1=O)CCCC2)N1Cc2[nH]cnc2C(c2cccc(O)c2)C1. The van der Waals surface area contributed by atoms with Gasteiger partial charge in [0.1, 0.15) is 11.3 Å². The van der Waals surface area contributed by atoms with Crippen LogP contribution in [0.4, 0.5) is 0 Å². The summed E-state index contributed by atoms with van der Waals surface area (Å²) in [5.41, 5.74) is 4.53. The van der Waals surface area contributed by atoms with E-state index < -0.39 is 0 Å². The standard InChI is InChI=1S/C22H22N4O3/c27-15-6-3-5-13(8-15)17-10-26(11-19-20(17)24-12-23-19)22(29)16-9-14-4-1-2-7-18(14)25-21(16)28/h3,5-6,8-9,12,17,27H,1-2,4,7,10-11H2,(H,23,24)(H,25,28). The molecule has 1 unspecified atom stereocenters. The monoisotopic (exact) mass is 390 g/mol. The Kier molecular flexibility index (Phi) is 4.23. The van der Waals surface area contributed by atoms with E-state index in [4.69, 9.17) is 0 Å². The number of carbonyl (C=O) groups excluding carboxylic acids is 1. The Morgan fingerprint density at radius 2 is 2.03 bits per heavy atom. The normalized spacial score (nSPS) is 18.2. The number of fused-ring (bicyclic) bond motifs is 2. The number of rotatable bonds is 2. The number of aromatic nitrogens is 3. The van der Waals surface area contributed by atoms with Gasteiger partial charge in [0.05, 0.1) is 24.3 Å². The average molecular weight is 390 g/mol. The zero-order valence-corrected chi connectivity index (χ0v) is 15.9. The van der Waals surface area contributed by atoms with E-state index in [1.54, 1.807) is 35.5 Å². The van der Waals surface area contributed by atoms with Gasteiger partial charge >= 0.3 is 0 Å². The van der Waals surface area contributed by atoms with E-state index in [1.165, 1.54) is 0 Å². The summed E-state index contributed by atoms with van der Waals surface area (Å²) in [7, 11) is 0. The van der Waals surface area contributed by atoms with E-state index in [2.05, 4.69) is 15.0 Å². The number of phenols is 1. The Hall–Kier alpha value is -3.35. The number of imidazole rings is 1. The number of aryl methyl sites for hydroxylation is 2. The van der Waals surface area contributed by atoms with E-state index in [-0.39, 0.29) is 28.7 Å². The Labute approximate surface area is 167 Å². The molecule has 5 rings (SSSR count). The van der Waals surface area contributed by atoms with Crippen LogP contribution in [0.2, 0.25) is 0 Å². The van der Waals surface area contributed by atoms with Crippen LogP contribution in [-0.4, -0.2) is 37.4 Å². The molecule has 1 atom stereocenters. The maximum atomic E-state index is 13.3. The van der Waals surface area contributed by atoms with Crippen LogP contribution in [0.15, 0.2) is 41.5 Å². The smallest absolute Gasteiger partial charge is 0.261 e. The first-order valence-corrected chi connectivity index (χ1v) is 9.95. The van der Waals surface area contributed by atoms with E-state index in [1.807, 2.05) is 6.07 Å². The number of hydrogen-bond acceptors (Lipinski definition) is 4. The third kappa shape index (κ3) is 3.12. The van der Waals surface area contributed by atoms with Gasteiger partial charge in [-0.2, -0.15) is 0 Å². The number of amides is 1. The second kappa shape index (κ2) is 6.92. The van der Waals surface area contributed by atoms with Crippen molar-refractivity contribution in [1.29, 1.82) is 0 Å². The quantitative estimate of drug-likeness (QED) is 0.625. The molecule has 29 heavy (non-hydrogen) atoms. The number of aromatic hydroxyl groups is 1. The van der Waals surface area contributed by atoms with Crippen LogP contribution < -0.4 is 5.56 Å². The lowest BCUT2D eigenvalue weighted by Gasteiger charge is -2.32. The second-order valence-electron chi connectivity index (χ2n) is 7.82. The highest BCUT2D eigenvalue weighted by molar-refractivity contribution is 5.94. The molecule has 7 nitrogen and oxygen atoms in total. The Balaban J connectivity index is 1.51. The summed E-state index contributed by atoms with van der Waals surface area (Å²) >= 11 is 0. The summed E-state index contributed by atoms with van der Waals surface area (Å²) in [5.74, 6) is -0.267. The number of hydrogen-bond donors (Lipinski definition) is 3. The van der Waals surface area contributed by atoms with E-state index in [9.17, 15) is 14.7 Å². The molecule has 0 radical (unpaired) electrons. The van der Waals surface area contributed by atoms with Crippen molar-refractivity contribution < 1.29 is 9.90 Å². The number of pyridine rings is 1. The summed E-state index contributed by atoms with van der Waals surface area (Å²) < 4.78 is 0. The number of nitrogens with one attached hydrogen (secondary N) is 2. The van der Waals surface area contributed by atoms with E-state index in [0.717, 1.165) is 53.9 Å². The number of carbonyl (C=O) groups is 1. The lowest BCUT2D eigenvalue weighted by atomic mass is 9.90. The maximum Gasteiger partial charge on any atom is 0.261 e. The summed E-state index contributed by atoms with van der Waals surface area (Å²) in [5, 5.41) is 9.89. The van der Waals surface area contributed by atoms with Crippen LogP contribution in [0.1, 0.15) is 57.3 Å². The number of aromatic amines is 2. The van der Waals surface area contributed by atoms with Gasteiger partial charge < -0.3 is 20.0 Å². The predicted octanol–water partition coefficient (Wildman–Crippen LogP) is 2.47. The number of phenolic OH excluding ortho intramolecular Hbond substituents is 1. The van der Waals surface area contributed by atoms with Gasteiger partial charge in [-0.05, 0) is 55.0 Å². The van der Waals surface area contributed by atoms with Crippen molar-refractivity contribution in [3.8, 4) is 5.75 Å². The first-order chi connectivity index (χ1) is 14.1. The second-order valence-corrected chi connectivity index (χ2v) is 7.82. The van der Waals surface area contributed by atoms with Crippen LogP contribution in [0.3, 0.4) is 0 Å². The fourth-order valence-corrected chi connectivity index (χ4v) is 4.48. The molecule has 0 bridgehead atoms. The fraction of sp³-hybridized carbons (Fsp3) is 0.318. The molecule has 3 heterocycles. The van der Waals surface area contributed by atoms with Crippen molar-refractivity contribution >= 4 is 5.91 Å². The molecule has 2 aromatic heterocycles. The van der Waals surface area contributed by atoms with Gasteiger partial charge in [-0.1, -0.05) is 12.1 Å². The van der Waals surface area contributed by atoms with Gasteiger partial charge in [0, 0.05) is 18.2 Å². The van der Waals surface area contributed by atoms with E-state index in [0.29, 0.717) is 13.1 Å². The van der Waals surface area contributed by atoms with Crippen molar-refractivity contribution in [1.82, 2.24) is 19.9 Å². The fourth-order valence-electron chi connectivity index (χ4n) is 4.48. The Morgan fingerprint density at radius 1 is 1.17 bits per heavy atom.